The third kappa shape index (κ3) is 5.65. The molecule has 2 rings (SSSR count). The molecule has 0 radical (unpaired) electrons. The van der Waals surface area contributed by atoms with Gasteiger partial charge in [-0.25, -0.2) is 0 Å². The topological polar surface area (TPSA) is 135 Å². The lowest BCUT2D eigenvalue weighted by atomic mass is 10.2. The summed E-state index contributed by atoms with van der Waals surface area (Å²) in [5, 5.41) is 3.34. The van der Waals surface area contributed by atoms with E-state index >= 15 is 0 Å². The molecule has 0 aromatic heterocycles. The van der Waals surface area contributed by atoms with Crippen LogP contribution in [-0.4, -0.2) is 26.3 Å². The van der Waals surface area contributed by atoms with E-state index in [-0.39, 0.29) is 0 Å². The van der Waals surface area contributed by atoms with Gasteiger partial charge in [0.15, 0.2) is 0 Å². The van der Waals surface area contributed by atoms with Crippen LogP contribution in [-0.2, 0) is 0 Å². The van der Waals surface area contributed by atoms with E-state index in [1.54, 1.807) is 12.1 Å². The normalized spacial score (nSPS) is 10.6. The Morgan fingerprint density at radius 1 is 0.680 bits per heavy atom. The molecule has 2 aromatic rings. The first-order valence-corrected chi connectivity index (χ1v) is 8.34. The molecule has 0 bridgehead atoms. The minimum Gasteiger partial charge on any atom is -0.491 e. The summed E-state index contributed by atoms with van der Waals surface area (Å²) in [6.45, 7) is 2.86. The number of nitrogens with two attached hydrogens (primary N) is 4. The molecule has 0 amide bonds. The minimum absolute atomic E-state index is 0.494. The lowest BCUT2D eigenvalue weighted by Gasteiger charge is -2.11. The highest BCUT2D eigenvalue weighted by atomic mass is 16.5. The molecule has 136 valence electrons. The molecule has 7 nitrogen and oxygen atoms in total. The molecule has 0 aliphatic rings. The van der Waals surface area contributed by atoms with Crippen molar-refractivity contribution in [1.82, 2.24) is 5.32 Å². The average molecular weight is 345 g/mol. The molecule has 0 fully saturated rings. The number of hydrogen-bond donors (Lipinski definition) is 5. The van der Waals surface area contributed by atoms with Gasteiger partial charge in [0.2, 0.25) is 0 Å². The van der Waals surface area contributed by atoms with Gasteiger partial charge in [-0.05, 0) is 50.2 Å². The summed E-state index contributed by atoms with van der Waals surface area (Å²) < 4.78 is 11.3. The van der Waals surface area contributed by atoms with Gasteiger partial charge in [0.25, 0.3) is 0 Å². The standard InChI is InChI=1S/C18H27N5O2/c19-13-5-1-7-15(17(13)21)24-11-3-9-23-10-4-12-25-16-8-2-6-14(20)18(16)22/h1-2,5-8,23H,3-4,9-12,19-22H2. The van der Waals surface area contributed by atoms with Crippen LogP contribution >= 0.6 is 0 Å². The quantitative estimate of drug-likeness (QED) is 0.327. The average Bonchev–Trinajstić information content (AvgIpc) is 2.60. The van der Waals surface area contributed by atoms with Crippen molar-refractivity contribution in [1.29, 1.82) is 0 Å². The van der Waals surface area contributed by atoms with Crippen LogP contribution in [0, 0.1) is 0 Å². The summed E-state index contributed by atoms with van der Waals surface area (Å²) in [5.41, 5.74) is 25.2. The van der Waals surface area contributed by atoms with E-state index in [1.165, 1.54) is 0 Å². The van der Waals surface area contributed by atoms with E-state index in [9.17, 15) is 0 Å². The second kappa shape index (κ2) is 9.48. The zero-order valence-corrected chi connectivity index (χ0v) is 14.3. The lowest BCUT2D eigenvalue weighted by Crippen LogP contribution is -2.20. The summed E-state index contributed by atoms with van der Waals surface area (Å²) in [4.78, 5) is 0. The van der Waals surface area contributed by atoms with Crippen molar-refractivity contribution in [2.75, 3.05) is 49.2 Å². The van der Waals surface area contributed by atoms with Crippen LogP contribution in [0.1, 0.15) is 12.8 Å². The first-order valence-electron chi connectivity index (χ1n) is 8.34. The maximum absolute atomic E-state index is 5.85. The first kappa shape index (κ1) is 18.5. The molecule has 0 aliphatic carbocycles. The fraction of sp³-hybridized carbons (Fsp3) is 0.333. The maximum Gasteiger partial charge on any atom is 0.144 e. The van der Waals surface area contributed by atoms with Crippen molar-refractivity contribution in [3.63, 3.8) is 0 Å². The van der Waals surface area contributed by atoms with Crippen LogP contribution in [0.5, 0.6) is 11.5 Å². The van der Waals surface area contributed by atoms with Gasteiger partial charge in [-0.15, -0.1) is 0 Å². The Balaban J connectivity index is 1.52. The smallest absolute Gasteiger partial charge is 0.144 e. The highest BCUT2D eigenvalue weighted by Crippen LogP contribution is 2.27. The van der Waals surface area contributed by atoms with Gasteiger partial charge in [-0.3, -0.25) is 0 Å². The third-order valence-electron chi connectivity index (χ3n) is 3.71. The van der Waals surface area contributed by atoms with Crippen molar-refractivity contribution in [3.05, 3.63) is 36.4 Å². The number of nitrogen functional groups attached to an aromatic ring is 4. The Morgan fingerprint density at radius 3 is 1.56 bits per heavy atom. The fourth-order valence-corrected chi connectivity index (χ4v) is 2.26. The van der Waals surface area contributed by atoms with E-state index in [1.807, 2.05) is 24.3 Å². The number of nitrogens with one attached hydrogen (secondary N) is 1. The number of anilines is 4. The lowest BCUT2D eigenvalue weighted by molar-refractivity contribution is 0.299. The van der Waals surface area contributed by atoms with Gasteiger partial charge in [0.1, 0.15) is 11.5 Å². The summed E-state index contributed by atoms with van der Waals surface area (Å²) in [6.07, 6.45) is 1.74. The van der Waals surface area contributed by atoms with Gasteiger partial charge in [-0.1, -0.05) is 12.1 Å². The zero-order valence-electron chi connectivity index (χ0n) is 14.3. The second-order valence-corrected chi connectivity index (χ2v) is 5.67. The molecular formula is C18H27N5O2. The van der Waals surface area contributed by atoms with Crippen molar-refractivity contribution in [3.8, 4) is 11.5 Å². The summed E-state index contributed by atoms with van der Waals surface area (Å²) in [5.74, 6) is 1.27. The molecule has 25 heavy (non-hydrogen) atoms. The van der Waals surface area contributed by atoms with E-state index in [4.69, 9.17) is 32.4 Å². The maximum atomic E-state index is 5.85. The Labute approximate surface area is 148 Å². The SMILES string of the molecule is Nc1cccc(OCCCNCCCOc2cccc(N)c2N)c1N. The van der Waals surface area contributed by atoms with Crippen LogP contribution in [0.4, 0.5) is 22.7 Å². The summed E-state index contributed by atoms with van der Waals surface area (Å²) in [7, 11) is 0. The Morgan fingerprint density at radius 2 is 1.12 bits per heavy atom. The Hall–Kier alpha value is -2.80. The summed E-state index contributed by atoms with van der Waals surface area (Å²) >= 11 is 0. The van der Waals surface area contributed by atoms with Crippen molar-refractivity contribution >= 4 is 22.7 Å². The first-order chi connectivity index (χ1) is 12.1. The van der Waals surface area contributed by atoms with Crippen LogP contribution in [0.15, 0.2) is 36.4 Å². The highest BCUT2D eigenvalue weighted by Gasteiger charge is 2.03. The summed E-state index contributed by atoms with van der Waals surface area (Å²) in [6, 6.07) is 10.8. The number of ether oxygens (including phenoxy) is 2. The van der Waals surface area contributed by atoms with Gasteiger partial charge in [-0.2, -0.15) is 0 Å². The van der Waals surface area contributed by atoms with Crippen LogP contribution in [0.25, 0.3) is 0 Å². The highest BCUT2D eigenvalue weighted by molar-refractivity contribution is 5.71. The van der Waals surface area contributed by atoms with Crippen molar-refractivity contribution in [2.45, 2.75) is 12.8 Å². The van der Waals surface area contributed by atoms with Crippen LogP contribution in [0.3, 0.4) is 0 Å². The fourth-order valence-electron chi connectivity index (χ4n) is 2.26. The largest absolute Gasteiger partial charge is 0.491 e. The van der Waals surface area contributed by atoms with E-state index in [0.717, 1.165) is 25.9 Å². The van der Waals surface area contributed by atoms with Gasteiger partial charge < -0.3 is 37.7 Å². The van der Waals surface area contributed by atoms with Crippen LogP contribution < -0.4 is 37.7 Å². The third-order valence-corrected chi connectivity index (χ3v) is 3.71. The Bertz CT molecular complexity index is 621. The van der Waals surface area contributed by atoms with E-state index < -0.39 is 0 Å². The molecule has 9 N–H and O–H groups in total. The molecular weight excluding hydrogens is 318 g/mol. The molecule has 0 spiro atoms. The van der Waals surface area contributed by atoms with E-state index in [2.05, 4.69) is 5.32 Å². The number of rotatable bonds is 10. The zero-order chi connectivity index (χ0) is 18.1. The number of benzene rings is 2. The predicted molar refractivity (Wildman–Crippen MR) is 104 cm³/mol. The molecule has 0 unspecified atom stereocenters. The van der Waals surface area contributed by atoms with Crippen LogP contribution in [0.2, 0.25) is 0 Å². The van der Waals surface area contributed by atoms with Gasteiger partial charge in [0, 0.05) is 0 Å². The monoisotopic (exact) mass is 345 g/mol. The molecule has 0 saturated carbocycles. The molecule has 0 heterocycles. The Kier molecular flexibility index (Phi) is 7.03. The van der Waals surface area contributed by atoms with Crippen molar-refractivity contribution in [2.24, 2.45) is 0 Å². The second-order valence-electron chi connectivity index (χ2n) is 5.67. The molecule has 0 aliphatic heterocycles. The minimum atomic E-state index is 0.494. The number of para-hydroxylation sites is 2. The van der Waals surface area contributed by atoms with E-state index in [0.29, 0.717) is 47.5 Å². The molecule has 7 heteroatoms. The predicted octanol–water partition coefficient (Wildman–Crippen LogP) is 1.84. The molecule has 0 saturated heterocycles. The number of hydrogen-bond acceptors (Lipinski definition) is 7. The molecule has 2 aromatic carbocycles. The molecule has 0 atom stereocenters. The van der Waals surface area contributed by atoms with Gasteiger partial charge in [0.05, 0.1) is 36.0 Å². The van der Waals surface area contributed by atoms with Gasteiger partial charge >= 0.3 is 0 Å². The van der Waals surface area contributed by atoms with Crippen molar-refractivity contribution < 1.29 is 9.47 Å².